The minimum Gasteiger partial charge on any atom is -0.298 e. The second-order valence-corrected chi connectivity index (χ2v) is 15.3. The van der Waals surface area contributed by atoms with Crippen LogP contribution in [0.3, 0.4) is 0 Å². The van der Waals surface area contributed by atoms with E-state index in [1.54, 1.807) is 0 Å². The Balaban J connectivity index is 1.40. The van der Waals surface area contributed by atoms with Gasteiger partial charge in [-0.2, -0.15) is 0 Å². The van der Waals surface area contributed by atoms with Gasteiger partial charge in [-0.15, -0.1) is 0 Å². The predicted octanol–water partition coefficient (Wildman–Crippen LogP) is 11.8. The quantitative estimate of drug-likeness (QED) is 0.143. The fourth-order valence-electron chi connectivity index (χ4n) is 8.46. The van der Waals surface area contributed by atoms with Crippen LogP contribution in [0.25, 0.3) is 39.7 Å². The summed E-state index contributed by atoms with van der Waals surface area (Å²) in [6.45, 7) is 13.4. The van der Waals surface area contributed by atoms with Crippen LogP contribution in [-0.2, 0) is 18.3 Å². The Morgan fingerprint density at radius 2 is 1.25 bits per heavy atom. The van der Waals surface area contributed by atoms with Gasteiger partial charge in [0.2, 0.25) is 0 Å². The molecule has 1 saturated carbocycles. The number of imidazole rings is 1. The van der Waals surface area contributed by atoms with E-state index in [0.717, 1.165) is 48.6 Å². The first-order valence-corrected chi connectivity index (χ1v) is 19.0. The lowest BCUT2D eigenvalue weighted by atomic mass is 9.89. The van der Waals surface area contributed by atoms with Gasteiger partial charge in [-0.3, -0.25) is 4.57 Å². The summed E-state index contributed by atoms with van der Waals surface area (Å²) in [5, 5.41) is 0. The van der Waals surface area contributed by atoms with Crippen molar-refractivity contribution in [2.45, 2.75) is 72.6 Å². The van der Waals surface area contributed by atoms with Crippen molar-refractivity contribution >= 4 is 0 Å². The van der Waals surface area contributed by atoms with E-state index in [2.05, 4.69) is 168 Å². The van der Waals surface area contributed by atoms with Crippen LogP contribution in [0.15, 0.2) is 128 Å². The highest BCUT2D eigenvalue weighted by atomic mass is 15.1. The lowest BCUT2D eigenvalue weighted by Gasteiger charge is -2.23. The molecule has 0 bridgehead atoms. The third-order valence-corrected chi connectivity index (χ3v) is 11.8. The molecule has 1 aliphatic rings. The van der Waals surface area contributed by atoms with Crippen LogP contribution in [0.2, 0.25) is 0 Å². The van der Waals surface area contributed by atoms with Crippen molar-refractivity contribution in [2.24, 2.45) is 5.92 Å². The van der Waals surface area contributed by atoms with Crippen molar-refractivity contribution < 1.29 is 0 Å². The Labute approximate surface area is 314 Å². The molecule has 2 atom stereocenters. The molecule has 0 aliphatic heterocycles. The summed E-state index contributed by atoms with van der Waals surface area (Å²) in [5.74, 6) is 2.21. The molecule has 0 saturated heterocycles. The second-order valence-electron chi connectivity index (χ2n) is 15.3. The lowest BCUT2D eigenvalue weighted by molar-refractivity contribution is 0.638. The van der Waals surface area contributed by atoms with E-state index in [4.69, 9.17) is 15.0 Å². The maximum Gasteiger partial charge on any atom is 0.163 e. The van der Waals surface area contributed by atoms with Gasteiger partial charge in [0.05, 0.1) is 5.69 Å². The molecule has 0 radical (unpaired) electrons. The average Bonchev–Trinajstić information content (AvgIpc) is 3.61. The first kappa shape index (κ1) is 34.5. The standard InChI is InChI=1S/C49H48N4/c1-7-42-30-49(42,6)43-31-51-47(44-34(4)18-15-19-35(44)5)52-45(43)48-50-24-25-53(48)46-40(26-37-22-13-11-16-32(37)2)28-39(36-20-9-8-10-21-36)29-41(46)27-38-23-14-12-17-33(38)3/h8-25,28-29,31,42H,7,26-27,30H2,1-6H3/t42-,49?/m0/s1. The third kappa shape index (κ3) is 6.52. The van der Waals surface area contributed by atoms with E-state index >= 15 is 0 Å². The summed E-state index contributed by atoms with van der Waals surface area (Å²) in [5.41, 5.74) is 16.9. The molecule has 0 spiro atoms. The molecule has 1 fully saturated rings. The zero-order valence-corrected chi connectivity index (χ0v) is 31.8. The van der Waals surface area contributed by atoms with Gasteiger partial charge in [-0.1, -0.05) is 117 Å². The molecule has 1 unspecified atom stereocenters. The Morgan fingerprint density at radius 3 is 1.83 bits per heavy atom. The molecule has 2 aromatic heterocycles. The van der Waals surface area contributed by atoms with Crippen molar-refractivity contribution in [2.75, 3.05) is 0 Å². The van der Waals surface area contributed by atoms with E-state index < -0.39 is 0 Å². The fourth-order valence-corrected chi connectivity index (χ4v) is 8.46. The summed E-state index contributed by atoms with van der Waals surface area (Å²) >= 11 is 0. The fraction of sp³-hybridized carbons (Fsp3) is 0.245. The molecule has 8 rings (SSSR count). The van der Waals surface area contributed by atoms with Gasteiger partial charge in [0.1, 0.15) is 5.69 Å². The first-order chi connectivity index (χ1) is 25.7. The number of hydrogen-bond acceptors (Lipinski definition) is 3. The summed E-state index contributed by atoms with van der Waals surface area (Å²) in [6.07, 6.45) is 10.1. The number of rotatable bonds is 10. The smallest absolute Gasteiger partial charge is 0.163 e. The molecule has 1 aliphatic carbocycles. The van der Waals surface area contributed by atoms with Gasteiger partial charge in [0.15, 0.2) is 11.6 Å². The van der Waals surface area contributed by atoms with Crippen molar-refractivity contribution in [3.63, 3.8) is 0 Å². The molecule has 2 heterocycles. The van der Waals surface area contributed by atoms with Crippen LogP contribution in [0, 0.1) is 33.6 Å². The van der Waals surface area contributed by atoms with Crippen LogP contribution < -0.4 is 0 Å². The minimum absolute atomic E-state index is 0.00526. The lowest BCUT2D eigenvalue weighted by Crippen LogP contribution is -2.14. The molecule has 264 valence electrons. The maximum absolute atomic E-state index is 5.49. The van der Waals surface area contributed by atoms with Crippen molar-refractivity contribution in [3.05, 3.63) is 178 Å². The number of benzene rings is 5. The van der Waals surface area contributed by atoms with E-state index in [0.29, 0.717) is 5.92 Å². The van der Waals surface area contributed by atoms with Gasteiger partial charge >= 0.3 is 0 Å². The van der Waals surface area contributed by atoms with Crippen LogP contribution in [0.1, 0.15) is 76.8 Å². The first-order valence-electron chi connectivity index (χ1n) is 19.0. The number of aromatic nitrogens is 4. The molecule has 4 heteroatoms. The SMILES string of the molecule is CC[C@H]1CC1(C)c1cnc(-c2c(C)cccc2C)nc1-c1nccn1-c1c(Cc2ccccc2C)cc(-c2ccccc2)cc1Cc1ccccc1C. The highest BCUT2D eigenvalue weighted by molar-refractivity contribution is 5.73. The Kier molecular flexibility index (Phi) is 9.16. The normalized spacial score (nSPS) is 16.5. The predicted molar refractivity (Wildman–Crippen MR) is 219 cm³/mol. The van der Waals surface area contributed by atoms with E-state index in [9.17, 15) is 0 Å². The van der Waals surface area contributed by atoms with Crippen LogP contribution in [-0.4, -0.2) is 19.5 Å². The molecule has 0 N–H and O–H groups in total. The molecule has 0 amide bonds. The largest absolute Gasteiger partial charge is 0.298 e. The summed E-state index contributed by atoms with van der Waals surface area (Å²) in [4.78, 5) is 15.8. The van der Waals surface area contributed by atoms with E-state index in [1.807, 2.05) is 6.20 Å². The van der Waals surface area contributed by atoms with Crippen molar-refractivity contribution in [1.82, 2.24) is 19.5 Å². The number of nitrogens with zero attached hydrogens (tertiary/aromatic N) is 4. The zero-order valence-electron chi connectivity index (χ0n) is 31.8. The maximum atomic E-state index is 5.49. The Bertz CT molecular complexity index is 2350. The minimum atomic E-state index is 0.00526. The van der Waals surface area contributed by atoms with Crippen LogP contribution in [0.5, 0.6) is 0 Å². The van der Waals surface area contributed by atoms with Crippen LogP contribution >= 0.6 is 0 Å². The zero-order chi connectivity index (χ0) is 36.7. The second kappa shape index (κ2) is 14.1. The van der Waals surface area contributed by atoms with E-state index in [1.165, 1.54) is 66.9 Å². The Morgan fingerprint density at radius 1 is 0.660 bits per heavy atom. The van der Waals surface area contributed by atoms with E-state index in [-0.39, 0.29) is 5.41 Å². The number of aryl methyl sites for hydroxylation is 4. The monoisotopic (exact) mass is 692 g/mol. The molecular formula is C49H48N4. The molecule has 7 aromatic rings. The van der Waals surface area contributed by atoms with Gasteiger partial charge in [0.25, 0.3) is 0 Å². The Hall–Kier alpha value is -5.61. The summed E-state index contributed by atoms with van der Waals surface area (Å²) in [7, 11) is 0. The molecule has 5 aromatic carbocycles. The third-order valence-electron chi connectivity index (χ3n) is 11.8. The summed E-state index contributed by atoms with van der Waals surface area (Å²) in [6, 6.07) is 39.5. The number of hydrogen-bond donors (Lipinski definition) is 0. The molecular weight excluding hydrogens is 645 g/mol. The van der Waals surface area contributed by atoms with Gasteiger partial charge in [-0.05, 0) is 126 Å². The van der Waals surface area contributed by atoms with Gasteiger partial charge in [0, 0.05) is 29.7 Å². The topological polar surface area (TPSA) is 43.6 Å². The van der Waals surface area contributed by atoms with Gasteiger partial charge < -0.3 is 0 Å². The average molecular weight is 693 g/mol. The van der Waals surface area contributed by atoms with Gasteiger partial charge in [-0.25, -0.2) is 15.0 Å². The van der Waals surface area contributed by atoms with Crippen LogP contribution in [0.4, 0.5) is 0 Å². The highest BCUT2D eigenvalue weighted by Gasteiger charge is 2.52. The summed E-state index contributed by atoms with van der Waals surface area (Å²) < 4.78 is 2.34. The van der Waals surface area contributed by atoms with Crippen molar-refractivity contribution in [1.29, 1.82) is 0 Å². The van der Waals surface area contributed by atoms with Crippen molar-refractivity contribution in [3.8, 4) is 39.7 Å². The molecule has 53 heavy (non-hydrogen) atoms. The molecule has 4 nitrogen and oxygen atoms in total. The highest BCUT2D eigenvalue weighted by Crippen LogP contribution is 2.57.